The van der Waals surface area contributed by atoms with Gasteiger partial charge >= 0.3 is 5.97 Å². The van der Waals surface area contributed by atoms with E-state index in [2.05, 4.69) is 9.97 Å². The number of aromatic nitrogens is 2. The number of esters is 1. The summed E-state index contributed by atoms with van der Waals surface area (Å²) in [5, 5.41) is 0. The van der Waals surface area contributed by atoms with Gasteiger partial charge in [-0.1, -0.05) is 0 Å². The molecule has 2 heterocycles. The zero-order valence-corrected chi connectivity index (χ0v) is 10.6. The lowest BCUT2D eigenvalue weighted by Crippen LogP contribution is -2.19. The topological polar surface area (TPSA) is 90.2 Å². The third-order valence-electron chi connectivity index (χ3n) is 3.02. The second-order valence-corrected chi connectivity index (χ2v) is 4.40. The Balaban J connectivity index is 2.16. The number of rotatable bonds is 4. The van der Waals surface area contributed by atoms with Crippen molar-refractivity contribution in [1.29, 1.82) is 0 Å². The third-order valence-corrected chi connectivity index (χ3v) is 3.02. The van der Waals surface area contributed by atoms with Gasteiger partial charge in [-0.25, -0.2) is 9.78 Å². The van der Waals surface area contributed by atoms with E-state index in [-0.39, 0.29) is 6.61 Å². The van der Waals surface area contributed by atoms with Crippen LogP contribution in [0.4, 0.5) is 0 Å². The molecular weight excluding hydrogens is 234 g/mol. The molecule has 6 heteroatoms. The Morgan fingerprint density at radius 3 is 2.94 bits per heavy atom. The standard InChI is InChI=1S/C12H19N3O3/c1-8-14-10(9-2-5-17-6-3-9)11(15-8)12(16)18-7-4-13/h9H,2-7,13H2,1H3,(H,14,15). The van der Waals surface area contributed by atoms with Gasteiger partial charge in [-0.15, -0.1) is 0 Å². The molecule has 0 spiro atoms. The van der Waals surface area contributed by atoms with E-state index >= 15 is 0 Å². The Bertz CT molecular complexity index is 411. The molecule has 1 aliphatic rings. The number of carbonyl (C=O) groups excluding carboxylic acids is 1. The van der Waals surface area contributed by atoms with Crippen molar-refractivity contribution in [2.45, 2.75) is 25.7 Å². The normalized spacial score (nSPS) is 16.8. The van der Waals surface area contributed by atoms with Gasteiger partial charge in [0.05, 0.1) is 5.69 Å². The van der Waals surface area contributed by atoms with Crippen LogP contribution in [0.5, 0.6) is 0 Å². The molecule has 3 N–H and O–H groups in total. The molecule has 0 unspecified atom stereocenters. The summed E-state index contributed by atoms with van der Waals surface area (Å²) in [6, 6.07) is 0. The molecule has 2 rings (SSSR count). The van der Waals surface area contributed by atoms with Crippen LogP contribution in [0.25, 0.3) is 0 Å². The predicted octanol–water partition coefficient (Wildman–Crippen LogP) is 0.728. The summed E-state index contributed by atoms with van der Waals surface area (Å²) in [6.45, 7) is 3.82. The minimum absolute atomic E-state index is 0.220. The summed E-state index contributed by atoms with van der Waals surface area (Å²) in [5.41, 5.74) is 6.59. The lowest BCUT2D eigenvalue weighted by molar-refractivity contribution is 0.0503. The molecule has 1 aromatic heterocycles. The number of carbonyl (C=O) groups is 1. The molecular formula is C12H19N3O3. The lowest BCUT2D eigenvalue weighted by atomic mass is 9.95. The van der Waals surface area contributed by atoms with Crippen molar-refractivity contribution < 1.29 is 14.3 Å². The van der Waals surface area contributed by atoms with E-state index in [1.54, 1.807) is 0 Å². The van der Waals surface area contributed by atoms with Crippen LogP contribution in [0.1, 0.15) is 40.8 Å². The Morgan fingerprint density at radius 2 is 2.28 bits per heavy atom. The van der Waals surface area contributed by atoms with Crippen LogP contribution in [0.2, 0.25) is 0 Å². The molecule has 0 radical (unpaired) electrons. The van der Waals surface area contributed by atoms with E-state index in [0.717, 1.165) is 37.6 Å². The van der Waals surface area contributed by atoms with Crippen molar-refractivity contribution in [2.75, 3.05) is 26.4 Å². The highest BCUT2D eigenvalue weighted by Crippen LogP contribution is 2.28. The number of nitrogens with two attached hydrogens (primary N) is 1. The quantitative estimate of drug-likeness (QED) is 0.772. The number of imidazole rings is 1. The van der Waals surface area contributed by atoms with Gasteiger partial charge in [0.2, 0.25) is 0 Å². The summed E-state index contributed by atoms with van der Waals surface area (Å²) in [5.74, 6) is 0.628. The van der Waals surface area contributed by atoms with E-state index in [1.807, 2.05) is 6.92 Å². The fraction of sp³-hybridized carbons (Fsp3) is 0.667. The number of hydrogen-bond acceptors (Lipinski definition) is 5. The molecule has 0 atom stereocenters. The monoisotopic (exact) mass is 253 g/mol. The Labute approximate surface area is 106 Å². The van der Waals surface area contributed by atoms with Gasteiger partial charge in [-0.3, -0.25) is 0 Å². The van der Waals surface area contributed by atoms with Crippen molar-refractivity contribution in [3.63, 3.8) is 0 Å². The molecule has 0 aliphatic carbocycles. The molecule has 18 heavy (non-hydrogen) atoms. The van der Waals surface area contributed by atoms with Crippen LogP contribution >= 0.6 is 0 Å². The van der Waals surface area contributed by atoms with Gasteiger partial charge in [0.1, 0.15) is 12.4 Å². The second kappa shape index (κ2) is 5.97. The summed E-state index contributed by atoms with van der Waals surface area (Å²) < 4.78 is 10.4. The number of nitrogens with zero attached hydrogens (tertiary/aromatic N) is 1. The molecule has 6 nitrogen and oxygen atoms in total. The van der Waals surface area contributed by atoms with E-state index in [4.69, 9.17) is 15.2 Å². The first-order chi connectivity index (χ1) is 8.72. The maximum atomic E-state index is 11.9. The average molecular weight is 253 g/mol. The molecule has 1 fully saturated rings. The first kappa shape index (κ1) is 13.0. The summed E-state index contributed by atoms with van der Waals surface area (Å²) >= 11 is 0. The van der Waals surface area contributed by atoms with Crippen LogP contribution in [-0.4, -0.2) is 42.3 Å². The fourth-order valence-corrected chi connectivity index (χ4v) is 2.17. The van der Waals surface area contributed by atoms with E-state index < -0.39 is 5.97 Å². The summed E-state index contributed by atoms with van der Waals surface area (Å²) in [4.78, 5) is 19.3. The highest BCUT2D eigenvalue weighted by atomic mass is 16.5. The van der Waals surface area contributed by atoms with Gasteiger partial charge < -0.3 is 20.2 Å². The Kier molecular flexibility index (Phi) is 4.33. The predicted molar refractivity (Wildman–Crippen MR) is 65.5 cm³/mol. The van der Waals surface area contributed by atoms with Crippen molar-refractivity contribution in [1.82, 2.24) is 9.97 Å². The van der Waals surface area contributed by atoms with Crippen molar-refractivity contribution in [2.24, 2.45) is 5.73 Å². The number of nitrogens with one attached hydrogen (secondary N) is 1. The van der Waals surface area contributed by atoms with E-state index in [0.29, 0.717) is 18.2 Å². The van der Waals surface area contributed by atoms with E-state index in [1.165, 1.54) is 0 Å². The highest BCUT2D eigenvalue weighted by molar-refractivity contribution is 5.88. The minimum Gasteiger partial charge on any atom is -0.460 e. The first-order valence-electron chi connectivity index (χ1n) is 6.23. The zero-order chi connectivity index (χ0) is 13.0. The number of ether oxygens (including phenoxy) is 2. The average Bonchev–Trinajstić information content (AvgIpc) is 2.79. The van der Waals surface area contributed by atoms with Gasteiger partial charge in [-0.05, 0) is 19.8 Å². The maximum Gasteiger partial charge on any atom is 0.358 e. The van der Waals surface area contributed by atoms with Gasteiger partial charge in [0.25, 0.3) is 0 Å². The number of aromatic amines is 1. The SMILES string of the molecule is Cc1nc(C(=O)OCCN)c(C2CCOCC2)[nH]1. The largest absolute Gasteiger partial charge is 0.460 e. The zero-order valence-electron chi connectivity index (χ0n) is 10.6. The number of H-pyrrole nitrogens is 1. The fourth-order valence-electron chi connectivity index (χ4n) is 2.17. The third kappa shape index (κ3) is 2.88. The molecule has 1 aliphatic heterocycles. The molecule has 100 valence electrons. The smallest absolute Gasteiger partial charge is 0.358 e. The van der Waals surface area contributed by atoms with Crippen LogP contribution in [0.15, 0.2) is 0 Å². The van der Waals surface area contributed by atoms with Crippen LogP contribution in [0, 0.1) is 6.92 Å². The molecule has 0 bridgehead atoms. The first-order valence-corrected chi connectivity index (χ1v) is 6.23. The van der Waals surface area contributed by atoms with E-state index in [9.17, 15) is 4.79 Å². The van der Waals surface area contributed by atoms with Gasteiger partial charge in [-0.2, -0.15) is 0 Å². The van der Waals surface area contributed by atoms with Crippen LogP contribution in [-0.2, 0) is 9.47 Å². The highest BCUT2D eigenvalue weighted by Gasteiger charge is 2.25. The molecule has 0 amide bonds. The lowest BCUT2D eigenvalue weighted by Gasteiger charge is -2.21. The molecule has 1 aromatic rings. The van der Waals surface area contributed by atoms with Crippen molar-refractivity contribution in [3.05, 3.63) is 17.2 Å². The molecule has 0 aromatic carbocycles. The molecule has 0 saturated carbocycles. The van der Waals surface area contributed by atoms with Crippen LogP contribution < -0.4 is 5.73 Å². The van der Waals surface area contributed by atoms with Gasteiger partial charge in [0.15, 0.2) is 5.69 Å². The summed E-state index contributed by atoms with van der Waals surface area (Å²) in [7, 11) is 0. The van der Waals surface area contributed by atoms with Crippen LogP contribution in [0.3, 0.4) is 0 Å². The summed E-state index contributed by atoms with van der Waals surface area (Å²) in [6.07, 6.45) is 1.80. The van der Waals surface area contributed by atoms with Crippen molar-refractivity contribution >= 4 is 5.97 Å². The minimum atomic E-state index is -0.397. The molecule has 1 saturated heterocycles. The number of aryl methyl sites for hydroxylation is 1. The second-order valence-electron chi connectivity index (χ2n) is 4.40. The number of hydrogen-bond donors (Lipinski definition) is 2. The maximum absolute atomic E-state index is 11.9. The van der Waals surface area contributed by atoms with Gasteiger partial charge in [0, 0.05) is 25.7 Å². The Hall–Kier alpha value is -1.40. The Morgan fingerprint density at radius 1 is 1.56 bits per heavy atom. The van der Waals surface area contributed by atoms with Crippen molar-refractivity contribution in [3.8, 4) is 0 Å².